The molecule has 1 aliphatic carbocycles. The van der Waals surface area contributed by atoms with E-state index in [-0.39, 0.29) is 0 Å². The van der Waals surface area contributed by atoms with E-state index in [4.69, 9.17) is 4.98 Å². The number of hydrogen-bond acceptors (Lipinski definition) is 2. The molecule has 4 rings (SSSR count). The zero-order chi connectivity index (χ0) is 13.5. The Morgan fingerprint density at radius 2 is 1.90 bits per heavy atom. The molecule has 1 aromatic heterocycles. The van der Waals surface area contributed by atoms with Crippen LogP contribution in [-0.2, 0) is 0 Å². The first kappa shape index (κ1) is 12.5. The molecule has 3 heteroatoms. The van der Waals surface area contributed by atoms with Crippen LogP contribution < -0.4 is 0 Å². The van der Waals surface area contributed by atoms with E-state index in [9.17, 15) is 0 Å². The molecule has 0 amide bonds. The zero-order valence-electron chi connectivity index (χ0n) is 11.0. The summed E-state index contributed by atoms with van der Waals surface area (Å²) in [5, 5.41) is 5.92. The lowest BCUT2D eigenvalue weighted by atomic mass is 9.83. The van der Waals surface area contributed by atoms with E-state index in [2.05, 4.69) is 57.7 Å². The maximum absolute atomic E-state index is 4.84. The van der Waals surface area contributed by atoms with Crippen molar-refractivity contribution < 1.29 is 0 Å². The van der Waals surface area contributed by atoms with Crippen molar-refractivity contribution in [3.63, 3.8) is 0 Å². The first-order valence-electron chi connectivity index (χ1n) is 6.95. The first-order valence-corrected chi connectivity index (χ1v) is 8.62. The maximum Gasteiger partial charge on any atom is 0.123 e. The Hall–Kier alpha value is -1.19. The van der Waals surface area contributed by atoms with Gasteiger partial charge in [0, 0.05) is 21.3 Å². The van der Waals surface area contributed by atoms with Crippen molar-refractivity contribution in [2.45, 2.75) is 25.2 Å². The fourth-order valence-corrected chi connectivity index (χ4v) is 3.94. The molecule has 1 saturated carbocycles. The molecule has 3 aromatic rings. The Labute approximate surface area is 130 Å². The fraction of sp³-hybridized carbons (Fsp3) is 0.235. The van der Waals surface area contributed by atoms with Gasteiger partial charge in [0.05, 0.1) is 5.69 Å². The van der Waals surface area contributed by atoms with Crippen molar-refractivity contribution in [3.05, 3.63) is 51.9 Å². The van der Waals surface area contributed by atoms with E-state index in [1.165, 1.54) is 41.3 Å². The molecule has 0 radical (unpaired) electrons. The van der Waals surface area contributed by atoms with Gasteiger partial charge in [-0.25, -0.2) is 4.98 Å². The molecule has 0 unspecified atom stereocenters. The van der Waals surface area contributed by atoms with Gasteiger partial charge in [-0.15, -0.1) is 11.3 Å². The van der Waals surface area contributed by atoms with Crippen LogP contribution >= 0.6 is 27.3 Å². The quantitative estimate of drug-likeness (QED) is 0.556. The van der Waals surface area contributed by atoms with Crippen LogP contribution in [0.5, 0.6) is 0 Å². The Balaban J connectivity index is 1.75. The van der Waals surface area contributed by atoms with Gasteiger partial charge in [0.15, 0.2) is 0 Å². The van der Waals surface area contributed by atoms with E-state index in [1.54, 1.807) is 11.3 Å². The zero-order valence-corrected chi connectivity index (χ0v) is 13.4. The second-order valence-electron chi connectivity index (χ2n) is 5.41. The topological polar surface area (TPSA) is 12.9 Å². The molecule has 1 aliphatic rings. The predicted octanol–water partition coefficient (Wildman–Crippen LogP) is 5.99. The maximum atomic E-state index is 4.84. The van der Waals surface area contributed by atoms with E-state index in [0.717, 1.165) is 15.4 Å². The summed E-state index contributed by atoms with van der Waals surface area (Å²) in [7, 11) is 0. The number of halogens is 1. The van der Waals surface area contributed by atoms with Crippen LogP contribution in [0.1, 0.15) is 30.9 Å². The van der Waals surface area contributed by atoms with E-state index < -0.39 is 0 Å². The summed E-state index contributed by atoms with van der Waals surface area (Å²) in [4.78, 5) is 4.84. The van der Waals surface area contributed by atoms with Crippen molar-refractivity contribution in [2.24, 2.45) is 0 Å². The highest BCUT2D eigenvalue weighted by Crippen LogP contribution is 2.38. The average molecular weight is 344 g/mol. The molecular formula is C17H14BrNS. The van der Waals surface area contributed by atoms with Crippen LogP contribution in [0, 0.1) is 0 Å². The van der Waals surface area contributed by atoms with Gasteiger partial charge < -0.3 is 0 Å². The molecule has 0 atom stereocenters. The van der Waals surface area contributed by atoms with Crippen molar-refractivity contribution in [1.29, 1.82) is 0 Å². The van der Waals surface area contributed by atoms with Crippen LogP contribution in [-0.4, -0.2) is 4.98 Å². The summed E-state index contributed by atoms with van der Waals surface area (Å²) in [5.41, 5.74) is 2.52. The first-order chi connectivity index (χ1) is 9.79. The molecule has 1 heterocycles. The number of rotatable bonds is 2. The van der Waals surface area contributed by atoms with Gasteiger partial charge in [0.25, 0.3) is 0 Å². The van der Waals surface area contributed by atoms with Crippen LogP contribution in [0.3, 0.4) is 0 Å². The molecule has 1 fully saturated rings. The van der Waals surface area contributed by atoms with Crippen molar-refractivity contribution in [1.82, 2.24) is 4.98 Å². The van der Waals surface area contributed by atoms with Gasteiger partial charge >= 0.3 is 0 Å². The fourth-order valence-electron chi connectivity index (χ4n) is 2.66. The molecule has 0 aliphatic heterocycles. The molecule has 20 heavy (non-hydrogen) atoms. The Morgan fingerprint density at radius 1 is 1.05 bits per heavy atom. The summed E-state index contributed by atoms with van der Waals surface area (Å²) in [5.74, 6) is 0.717. The second-order valence-corrected chi connectivity index (χ2v) is 7.19. The number of fused-ring (bicyclic) bond motifs is 1. The smallest absolute Gasteiger partial charge is 0.123 e. The molecular weight excluding hydrogens is 330 g/mol. The molecule has 1 nitrogen and oxygen atoms in total. The third-order valence-electron chi connectivity index (χ3n) is 4.09. The normalized spacial score (nSPS) is 15.4. The molecule has 2 aromatic carbocycles. The Bertz CT molecular complexity index is 774. The van der Waals surface area contributed by atoms with E-state index >= 15 is 0 Å². The average Bonchev–Trinajstić information content (AvgIpc) is 2.85. The van der Waals surface area contributed by atoms with Gasteiger partial charge in [-0.2, -0.15) is 0 Å². The van der Waals surface area contributed by atoms with Gasteiger partial charge in [-0.05, 0) is 41.8 Å². The monoisotopic (exact) mass is 343 g/mol. The van der Waals surface area contributed by atoms with Crippen molar-refractivity contribution in [3.8, 4) is 10.6 Å². The Morgan fingerprint density at radius 3 is 2.70 bits per heavy atom. The van der Waals surface area contributed by atoms with Crippen LogP contribution in [0.15, 0.2) is 46.3 Å². The van der Waals surface area contributed by atoms with Gasteiger partial charge in [-0.3, -0.25) is 0 Å². The molecule has 100 valence electrons. The van der Waals surface area contributed by atoms with Crippen LogP contribution in [0.4, 0.5) is 0 Å². The Kier molecular flexibility index (Phi) is 3.12. The van der Waals surface area contributed by atoms with Gasteiger partial charge in [-0.1, -0.05) is 40.5 Å². The highest BCUT2D eigenvalue weighted by Gasteiger charge is 2.22. The van der Waals surface area contributed by atoms with Crippen molar-refractivity contribution >= 4 is 38.0 Å². The third kappa shape index (κ3) is 2.19. The van der Waals surface area contributed by atoms with Gasteiger partial charge in [0.1, 0.15) is 5.01 Å². The van der Waals surface area contributed by atoms with E-state index in [1.807, 2.05) is 0 Å². The number of thiazole rings is 1. The number of benzene rings is 2. The molecule has 0 N–H and O–H groups in total. The number of nitrogens with zero attached hydrogens (tertiary/aromatic N) is 1. The van der Waals surface area contributed by atoms with Gasteiger partial charge in [0.2, 0.25) is 0 Å². The minimum Gasteiger partial charge on any atom is -0.241 e. The summed E-state index contributed by atoms with van der Waals surface area (Å²) in [6.45, 7) is 0. The molecule has 0 saturated heterocycles. The number of aromatic nitrogens is 1. The lowest BCUT2D eigenvalue weighted by Gasteiger charge is -2.22. The minimum atomic E-state index is 0.717. The van der Waals surface area contributed by atoms with Crippen molar-refractivity contribution in [2.75, 3.05) is 0 Å². The summed E-state index contributed by atoms with van der Waals surface area (Å²) >= 11 is 5.31. The second kappa shape index (κ2) is 4.97. The standard InChI is InChI=1S/C17H14BrNS/c18-15-7-6-11-4-5-13(8-14(11)9-15)17-19-16(10-20-17)12-2-1-3-12/h4-10,12H,1-3H2. The SMILES string of the molecule is Brc1ccc2ccc(-c3nc(C4CCC4)cs3)cc2c1. The summed E-state index contributed by atoms with van der Waals surface area (Å²) in [6.07, 6.45) is 3.99. The molecule has 0 bridgehead atoms. The largest absolute Gasteiger partial charge is 0.241 e. The summed E-state index contributed by atoms with van der Waals surface area (Å²) < 4.78 is 1.12. The minimum absolute atomic E-state index is 0.717. The van der Waals surface area contributed by atoms with E-state index in [0.29, 0.717) is 0 Å². The lowest BCUT2D eigenvalue weighted by Crippen LogP contribution is -2.08. The van der Waals surface area contributed by atoms with Crippen LogP contribution in [0.25, 0.3) is 21.3 Å². The number of hydrogen-bond donors (Lipinski definition) is 0. The van der Waals surface area contributed by atoms with Crippen LogP contribution in [0.2, 0.25) is 0 Å². The summed E-state index contributed by atoms with van der Waals surface area (Å²) in [6, 6.07) is 13.0. The highest BCUT2D eigenvalue weighted by atomic mass is 79.9. The predicted molar refractivity (Wildman–Crippen MR) is 89.3 cm³/mol. The lowest BCUT2D eigenvalue weighted by molar-refractivity contribution is 0.413. The third-order valence-corrected chi connectivity index (χ3v) is 5.50. The highest BCUT2D eigenvalue weighted by molar-refractivity contribution is 9.10. The molecule has 0 spiro atoms.